The van der Waals surface area contributed by atoms with Crippen LogP contribution in [0.4, 0.5) is 5.69 Å². The molecule has 0 amide bonds. The van der Waals surface area contributed by atoms with Gasteiger partial charge in [-0.25, -0.2) is 14.1 Å². The summed E-state index contributed by atoms with van der Waals surface area (Å²) in [6.07, 6.45) is 11.0. The van der Waals surface area contributed by atoms with Gasteiger partial charge >= 0.3 is 0 Å². The van der Waals surface area contributed by atoms with Crippen LogP contribution >= 0.6 is 11.3 Å². The fourth-order valence-electron chi connectivity index (χ4n) is 5.60. The van der Waals surface area contributed by atoms with Crippen LogP contribution in [-0.4, -0.2) is 16.6 Å². The highest BCUT2D eigenvalue weighted by Gasteiger charge is 2.30. The SMILES string of the molecule is CCn1c(/C=C/N(C)c2ccccc2)[n+](C2CCCCC2)c2ccc(-c3nc4ccccc4s3)cc21. The summed E-state index contributed by atoms with van der Waals surface area (Å²) < 4.78 is 6.34. The molecule has 0 N–H and O–H groups in total. The van der Waals surface area contributed by atoms with E-state index in [1.165, 1.54) is 64.9 Å². The van der Waals surface area contributed by atoms with Crippen molar-refractivity contribution in [1.82, 2.24) is 9.55 Å². The number of anilines is 1. The van der Waals surface area contributed by atoms with E-state index in [1.54, 1.807) is 11.3 Å². The highest BCUT2D eigenvalue weighted by molar-refractivity contribution is 7.21. The molecule has 2 heterocycles. The van der Waals surface area contributed by atoms with E-state index in [2.05, 4.69) is 113 Å². The van der Waals surface area contributed by atoms with Crippen LogP contribution in [-0.2, 0) is 6.54 Å². The highest BCUT2D eigenvalue weighted by Crippen LogP contribution is 2.33. The first kappa shape index (κ1) is 23.0. The van der Waals surface area contributed by atoms with Gasteiger partial charge < -0.3 is 4.90 Å². The van der Waals surface area contributed by atoms with Crippen molar-refractivity contribution < 1.29 is 4.57 Å². The summed E-state index contributed by atoms with van der Waals surface area (Å²) in [5, 5.41) is 1.09. The van der Waals surface area contributed by atoms with Gasteiger partial charge in [-0.05, 0) is 75.1 Å². The number of hydrogen-bond acceptors (Lipinski definition) is 3. The molecule has 36 heavy (non-hydrogen) atoms. The summed E-state index contributed by atoms with van der Waals surface area (Å²) in [5.74, 6) is 1.28. The van der Waals surface area contributed by atoms with Gasteiger partial charge in [0.2, 0.25) is 0 Å². The molecular weight excluding hydrogens is 460 g/mol. The van der Waals surface area contributed by atoms with Crippen molar-refractivity contribution in [3.05, 3.63) is 84.8 Å². The van der Waals surface area contributed by atoms with Crippen molar-refractivity contribution in [3.63, 3.8) is 0 Å². The number of imidazole rings is 1. The Morgan fingerprint density at radius 2 is 1.78 bits per heavy atom. The van der Waals surface area contributed by atoms with E-state index >= 15 is 0 Å². The molecule has 0 aliphatic heterocycles. The van der Waals surface area contributed by atoms with Crippen LogP contribution in [0.15, 0.2) is 79.0 Å². The lowest BCUT2D eigenvalue weighted by Crippen LogP contribution is -2.43. The van der Waals surface area contributed by atoms with E-state index in [0.717, 1.165) is 17.1 Å². The summed E-state index contributed by atoms with van der Waals surface area (Å²) >= 11 is 1.78. The van der Waals surface area contributed by atoms with Crippen LogP contribution in [0, 0.1) is 0 Å². The molecular formula is C31H33N4S+. The Labute approximate surface area is 217 Å². The van der Waals surface area contributed by atoms with Gasteiger partial charge in [-0.3, -0.25) is 0 Å². The molecule has 0 spiro atoms. The summed E-state index contributed by atoms with van der Waals surface area (Å²) in [6, 6.07) is 26.5. The van der Waals surface area contributed by atoms with Crippen molar-refractivity contribution in [2.45, 2.75) is 51.6 Å². The minimum absolute atomic E-state index is 0.545. The second kappa shape index (κ2) is 9.90. The van der Waals surface area contributed by atoms with E-state index in [-0.39, 0.29) is 0 Å². The van der Waals surface area contributed by atoms with Crippen LogP contribution in [0.1, 0.15) is 50.9 Å². The molecule has 0 radical (unpaired) electrons. The van der Waals surface area contributed by atoms with Gasteiger partial charge in [0.05, 0.1) is 16.8 Å². The summed E-state index contributed by atoms with van der Waals surface area (Å²) in [6.45, 7) is 3.18. The molecule has 1 fully saturated rings. The zero-order valence-corrected chi connectivity index (χ0v) is 21.9. The third kappa shape index (κ3) is 4.22. The molecule has 0 atom stereocenters. The number of aryl methyl sites for hydroxylation is 1. The predicted molar refractivity (Wildman–Crippen MR) is 152 cm³/mol. The number of rotatable bonds is 6. The molecule has 3 aromatic carbocycles. The zero-order chi connectivity index (χ0) is 24.5. The number of aromatic nitrogens is 3. The maximum atomic E-state index is 4.94. The van der Waals surface area contributed by atoms with Crippen LogP contribution < -0.4 is 9.47 Å². The monoisotopic (exact) mass is 493 g/mol. The van der Waals surface area contributed by atoms with Gasteiger partial charge in [0.15, 0.2) is 11.0 Å². The quantitative estimate of drug-likeness (QED) is 0.225. The Balaban J connectivity index is 1.48. The van der Waals surface area contributed by atoms with Crippen molar-refractivity contribution >= 4 is 44.4 Å². The average molecular weight is 494 g/mol. The second-order valence-corrected chi connectivity index (χ2v) is 10.7. The fraction of sp³-hybridized carbons (Fsp3) is 0.290. The average Bonchev–Trinajstić information content (AvgIpc) is 3.51. The molecule has 182 valence electrons. The largest absolute Gasteiger partial charge is 0.351 e. The van der Waals surface area contributed by atoms with Crippen molar-refractivity contribution in [1.29, 1.82) is 0 Å². The van der Waals surface area contributed by atoms with Gasteiger partial charge in [-0.2, -0.15) is 0 Å². The predicted octanol–water partition coefficient (Wildman–Crippen LogP) is 7.84. The Kier molecular flexibility index (Phi) is 6.32. The van der Waals surface area contributed by atoms with Crippen molar-refractivity contribution in [2.75, 3.05) is 11.9 Å². The molecule has 1 aliphatic rings. The summed E-state index contributed by atoms with van der Waals surface area (Å²) in [5.41, 5.74) is 6.09. The van der Waals surface area contributed by atoms with E-state index in [1.807, 2.05) is 0 Å². The van der Waals surface area contributed by atoms with Gasteiger partial charge in [0.25, 0.3) is 5.82 Å². The third-order valence-electron chi connectivity index (χ3n) is 7.46. The van der Waals surface area contributed by atoms with E-state index in [4.69, 9.17) is 4.98 Å². The number of thiazole rings is 1. The molecule has 6 rings (SSSR count). The van der Waals surface area contributed by atoms with Gasteiger partial charge in [-0.1, -0.05) is 36.8 Å². The second-order valence-electron chi connectivity index (χ2n) is 9.72. The number of nitrogens with zero attached hydrogens (tertiary/aromatic N) is 4. The lowest BCUT2D eigenvalue weighted by atomic mass is 9.95. The van der Waals surface area contributed by atoms with Crippen LogP contribution in [0.5, 0.6) is 0 Å². The normalized spacial score (nSPS) is 14.8. The summed E-state index contributed by atoms with van der Waals surface area (Å²) in [7, 11) is 2.13. The van der Waals surface area contributed by atoms with Crippen molar-refractivity contribution in [3.8, 4) is 10.6 Å². The number of benzene rings is 3. The maximum Gasteiger partial charge on any atom is 0.284 e. The van der Waals surface area contributed by atoms with Gasteiger partial charge in [0, 0.05) is 30.6 Å². The molecule has 1 saturated carbocycles. The molecule has 1 aliphatic carbocycles. The van der Waals surface area contributed by atoms with Gasteiger partial charge in [-0.15, -0.1) is 11.3 Å². The molecule has 0 unspecified atom stereocenters. The van der Waals surface area contributed by atoms with E-state index < -0.39 is 0 Å². The molecule has 4 nitrogen and oxygen atoms in total. The first-order valence-electron chi connectivity index (χ1n) is 13.1. The maximum absolute atomic E-state index is 4.94. The highest BCUT2D eigenvalue weighted by atomic mass is 32.1. The Bertz CT molecular complexity index is 1490. The minimum Gasteiger partial charge on any atom is -0.351 e. The topological polar surface area (TPSA) is 24.9 Å². The molecule has 5 heteroatoms. The first-order valence-corrected chi connectivity index (χ1v) is 13.9. The lowest BCUT2D eigenvalue weighted by molar-refractivity contribution is -0.703. The number of para-hydroxylation sites is 2. The van der Waals surface area contributed by atoms with Gasteiger partial charge in [0.1, 0.15) is 11.0 Å². The first-order chi connectivity index (χ1) is 17.7. The Hall–Kier alpha value is -3.44. The van der Waals surface area contributed by atoms with E-state index in [0.29, 0.717) is 6.04 Å². The minimum atomic E-state index is 0.545. The van der Waals surface area contributed by atoms with Crippen LogP contribution in [0.25, 0.3) is 37.9 Å². The molecule has 0 bridgehead atoms. The summed E-state index contributed by atoms with van der Waals surface area (Å²) in [4.78, 5) is 7.14. The third-order valence-corrected chi connectivity index (χ3v) is 8.54. The lowest BCUT2D eigenvalue weighted by Gasteiger charge is -2.20. The molecule has 0 saturated heterocycles. The van der Waals surface area contributed by atoms with Crippen molar-refractivity contribution in [2.24, 2.45) is 0 Å². The van der Waals surface area contributed by atoms with Crippen LogP contribution in [0.2, 0.25) is 0 Å². The fourth-order valence-corrected chi connectivity index (χ4v) is 6.56. The van der Waals surface area contributed by atoms with Crippen LogP contribution in [0.3, 0.4) is 0 Å². The zero-order valence-electron chi connectivity index (χ0n) is 21.1. The Morgan fingerprint density at radius 3 is 2.56 bits per heavy atom. The standard InChI is InChI=1S/C31H33N4S/c1-3-34-28-22-23(31-32-26-16-10-11-17-29(26)36-31)18-19-27(28)35(25-14-8-5-9-15-25)30(34)20-21-33(2)24-12-6-4-7-13-24/h4,6-7,10-13,16-22,25H,3,5,8-9,14-15H2,1-2H3/q+1. The Morgan fingerprint density at radius 1 is 1.00 bits per heavy atom. The molecule has 5 aromatic rings. The van der Waals surface area contributed by atoms with E-state index in [9.17, 15) is 0 Å². The number of hydrogen-bond donors (Lipinski definition) is 0. The smallest absolute Gasteiger partial charge is 0.284 e. The molecule has 2 aromatic heterocycles. The number of fused-ring (bicyclic) bond motifs is 2.